The number of halogens is 2. The Bertz CT molecular complexity index is 412. The minimum Gasteiger partial charge on any atom is -0.409 e. The summed E-state index contributed by atoms with van der Waals surface area (Å²) >= 11 is 1.25. The Hall–Kier alpha value is -1.30. The first-order valence-electron chi connectivity index (χ1n) is 5.15. The van der Waals surface area contributed by atoms with Crippen LogP contribution in [-0.2, 0) is 0 Å². The second kappa shape index (κ2) is 6.44. The van der Waals surface area contributed by atoms with Gasteiger partial charge < -0.3 is 10.9 Å². The van der Waals surface area contributed by atoms with E-state index in [1.165, 1.54) is 23.9 Å². The van der Waals surface area contributed by atoms with Crippen LogP contribution in [0, 0.1) is 11.6 Å². The molecule has 0 heterocycles. The summed E-state index contributed by atoms with van der Waals surface area (Å²) in [7, 11) is 0. The van der Waals surface area contributed by atoms with E-state index in [2.05, 4.69) is 5.16 Å². The molecule has 0 aliphatic rings. The summed E-state index contributed by atoms with van der Waals surface area (Å²) in [6.45, 7) is 1.92. The van der Waals surface area contributed by atoms with Gasteiger partial charge in [-0.15, -0.1) is 11.8 Å². The molecule has 1 unspecified atom stereocenters. The fourth-order valence-corrected chi connectivity index (χ4v) is 2.39. The highest BCUT2D eigenvalue weighted by atomic mass is 32.2. The first-order valence-corrected chi connectivity index (χ1v) is 6.02. The first kappa shape index (κ1) is 13.8. The molecule has 0 bridgehead atoms. The highest BCUT2D eigenvalue weighted by Crippen LogP contribution is 2.29. The van der Waals surface area contributed by atoms with Gasteiger partial charge in [-0.3, -0.25) is 0 Å². The summed E-state index contributed by atoms with van der Waals surface area (Å²) in [5.41, 5.74) is 5.40. The fraction of sp³-hybridized carbons (Fsp3) is 0.364. The van der Waals surface area contributed by atoms with E-state index in [0.29, 0.717) is 11.3 Å². The zero-order valence-corrected chi connectivity index (χ0v) is 10.2. The van der Waals surface area contributed by atoms with Gasteiger partial charge in [0, 0.05) is 22.6 Å². The van der Waals surface area contributed by atoms with E-state index in [1.54, 1.807) is 0 Å². The third kappa shape index (κ3) is 4.22. The van der Waals surface area contributed by atoms with Crippen LogP contribution in [0.2, 0.25) is 0 Å². The van der Waals surface area contributed by atoms with Gasteiger partial charge >= 0.3 is 0 Å². The lowest BCUT2D eigenvalue weighted by atomic mass is 10.2. The summed E-state index contributed by atoms with van der Waals surface area (Å²) in [6, 6.07) is 3.45. The Morgan fingerprint density at radius 3 is 2.76 bits per heavy atom. The molecule has 0 spiro atoms. The predicted molar refractivity (Wildman–Crippen MR) is 64.3 cm³/mol. The SMILES string of the molecule is CCC(C/C(N)=N/O)Sc1ccc(F)cc1F. The first-order chi connectivity index (χ1) is 8.06. The average Bonchev–Trinajstić information content (AvgIpc) is 2.31. The van der Waals surface area contributed by atoms with Gasteiger partial charge in [-0.2, -0.15) is 0 Å². The minimum atomic E-state index is -0.601. The van der Waals surface area contributed by atoms with Gasteiger partial charge in [0.1, 0.15) is 17.5 Å². The quantitative estimate of drug-likeness (QED) is 0.281. The maximum absolute atomic E-state index is 13.4. The minimum absolute atomic E-state index is 0.00846. The molecule has 3 N–H and O–H groups in total. The van der Waals surface area contributed by atoms with Crippen LogP contribution < -0.4 is 5.73 Å². The topological polar surface area (TPSA) is 58.6 Å². The van der Waals surface area contributed by atoms with Crippen molar-refractivity contribution < 1.29 is 14.0 Å². The monoisotopic (exact) mass is 260 g/mol. The van der Waals surface area contributed by atoms with Gasteiger partial charge in [0.15, 0.2) is 0 Å². The number of thioether (sulfide) groups is 1. The molecular weight excluding hydrogens is 246 g/mol. The highest BCUT2D eigenvalue weighted by molar-refractivity contribution is 8.00. The van der Waals surface area contributed by atoms with Crippen LogP contribution in [0.1, 0.15) is 19.8 Å². The average molecular weight is 260 g/mol. The highest BCUT2D eigenvalue weighted by Gasteiger charge is 2.13. The summed E-state index contributed by atoms with van der Waals surface area (Å²) in [5, 5.41) is 11.3. The molecule has 0 amide bonds. The Labute approximate surface area is 103 Å². The van der Waals surface area contributed by atoms with Crippen molar-refractivity contribution >= 4 is 17.6 Å². The van der Waals surface area contributed by atoms with Crippen molar-refractivity contribution in [1.29, 1.82) is 0 Å². The molecule has 1 atom stereocenters. The lowest BCUT2D eigenvalue weighted by Gasteiger charge is -2.13. The third-order valence-corrected chi connectivity index (χ3v) is 3.63. The van der Waals surface area contributed by atoms with Gasteiger partial charge in [-0.1, -0.05) is 12.1 Å². The maximum Gasteiger partial charge on any atom is 0.140 e. The second-order valence-corrected chi connectivity index (χ2v) is 4.86. The number of rotatable bonds is 5. The van der Waals surface area contributed by atoms with E-state index >= 15 is 0 Å². The number of nitrogens with two attached hydrogens (primary N) is 1. The van der Waals surface area contributed by atoms with Crippen molar-refractivity contribution in [2.24, 2.45) is 10.9 Å². The molecule has 3 nitrogen and oxygen atoms in total. The molecule has 0 saturated heterocycles. The lowest BCUT2D eigenvalue weighted by molar-refractivity contribution is 0.316. The van der Waals surface area contributed by atoms with Crippen molar-refractivity contribution in [1.82, 2.24) is 0 Å². The Morgan fingerprint density at radius 2 is 2.24 bits per heavy atom. The summed E-state index contributed by atoms with van der Waals surface area (Å²) < 4.78 is 26.1. The van der Waals surface area contributed by atoms with Crippen molar-refractivity contribution in [3.63, 3.8) is 0 Å². The number of oxime groups is 1. The molecule has 0 aliphatic heterocycles. The zero-order valence-electron chi connectivity index (χ0n) is 9.36. The third-order valence-electron chi connectivity index (χ3n) is 2.21. The Balaban J connectivity index is 2.73. The molecule has 0 radical (unpaired) electrons. The van der Waals surface area contributed by atoms with Gasteiger partial charge in [0.25, 0.3) is 0 Å². The van der Waals surface area contributed by atoms with Gasteiger partial charge in [0.2, 0.25) is 0 Å². The van der Waals surface area contributed by atoms with Crippen molar-refractivity contribution in [2.75, 3.05) is 0 Å². The Kier molecular flexibility index (Phi) is 5.21. The predicted octanol–water partition coefficient (Wildman–Crippen LogP) is 2.97. The van der Waals surface area contributed by atoms with E-state index in [0.717, 1.165) is 12.5 Å². The molecule has 1 rings (SSSR count). The standard InChI is InChI=1S/C11H14F2N2OS/c1-2-8(6-11(14)15-16)17-10-4-3-7(12)5-9(10)13/h3-5,8,16H,2,6H2,1H3,(H2,14,15). The van der Waals surface area contributed by atoms with E-state index < -0.39 is 11.6 Å². The van der Waals surface area contributed by atoms with Crippen LogP contribution >= 0.6 is 11.8 Å². The summed E-state index contributed by atoms with van der Waals surface area (Å²) in [6.07, 6.45) is 1.09. The van der Waals surface area contributed by atoms with Crippen molar-refractivity contribution in [2.45, 2.75) is 29.9 Å². The molecule has 1 aromatic rings. The van der Waals surface area contributed by atoms with Crippen LogP contribution in [0.15, 0.2) is 28.3 Å². The molecule has 0 aromatic heterocycles. The number of amidine groups is 1. The van der Waals surface area contributed by atoms with E-state index in [-0.39, 0.29) is 11.1 Å². The smallest absolute Gasteiger partial charge is 0.140 e. The van der Waals surface area contributed by atoms with Crippen molar-refractivity contribution in [3.05, 3.63) is 29.8 Å². The lowest BCUT2D eigenvalue weighted by Crippen LogP contribution is -2.18. The van der Waals surface area contributed by atoms with Gasteiger partial charge in [-0.05, 0) is 18.6 Å². The van der Waals surface area contributed by atoms with Crippen LogP contribution in [0.25, 0.3) is 0 Å². The molecule has 94 valence electrons. The molecule has 0 saturated carbocycles. The second-order valence-electron chi connectivity index (χ2n) is 3.52. The van der Waals surface area contributed by atoms with E-state index in [4.69, 9.17) is 10.9 Å². The number of benzene rings is 1. The fourth-order valence-electron chi connectivity index (χ4n) is 1.29. The van der Waals surface area contributed by atoms with Gasteiger partial charge in [-0.25, -0.2) is 8.78 Å². The van der Waals surface area contributed by atoms with Crippen molar-refractivity contribution in [3.8, 4) is 0 Å². The van der Waals surface area contributed by atoms with Gasteiger partial charge in [0.05, 0.1) is 0 Å². The summed E-state index contributed by atoms with van der Waals surface area (Å²) in [4.78, 5) is 0.365. The molecule has 17 heavy (non-hydrogen) atoms. The van der Waals surface area contributed by atoms with Crippen LogP contribution in [-0.4, -0.2) is 16.3 Å². The largest absolute Gasteiger partial charge is 0.409 e. The molecule has 0 aliphatic carbocycles. The summed E-state index contributed by atoms with van der Waals surface area (Å²) in [5.74, 6) is -1.09. The molecular formula is C11H14F2N2OS. The van der Waals surface area contributed by atoms with Crippen LogP contribution in [0.3, 0.4) is 0 Å². The van der Waals surface area contributed by atoms with Crippen LogP contribution in [0.5, 0.6) is 0 Å². The number of hydrogen-bond acceptors (Lipinski definition) is 3. The van der Waals surface area contributed by atoms with E-state index in [1.807, 2.05) is 6.92 Å². The zero-order chi connectivity index (χ0) is 12.8. The number of hydrogen-bond donors (Lipinski definition) is 2. The maximum atomic E-state index is 13.4. The van der Waals surface area contributed by atoms with E-state index in [9.17, 15) is 8.78 Å². The normalized spacial score (nSPS) is 13.7. The molecule has 0 fully saturated rings. The molecule has 6 heteroatoms. The van der Waals surface area contributed by atoms with Crippen LogP contribution in [0.4, 0.5) is 8.78 Å². The molecule has 1 aromatic carbocycles. The Morgan fingerprint density at radius 1 is 1.53 bits per heavy atom. The number of nitrogens with zero attached hydrogens (tertiary/aromatic N) is 1.